The van der Waals surface area contributed by atoms with Crippen LogP contribution in [0.5, 0.6) is 0 Å². The lowest BCUT2D eigenvalue weighted by atomic mass is 9.56. The largest absolute Gasteiger partial charge is 0.296 e. The Bertz CT molecular complexity index is 522. The molecule has 18 heavy (non-hydrogen) atoms. The molecule has 2 aliphatic rings. The minimum absolute atomic E-state index is 0.141. The van der Waals surface area contributed by atoms with Gasteiger partial charge in [0.2, 0.25) is 11.8 Å². The van der Waals surface area contributed by atoms with Gasteiger partial charge in [0.1, 0.15) is 0 Å². The zero-order chi connectivity index (χ0) is 12.8. The number of hydrogen-bond donors (Lipinski definition) is 1. The zero-order valence-corrected chi connectivity index (χ0v) is 10.7. The minimum atomic E-state index is -0.234. The number of piperidine rings is 1. The van der Waals surface area contributed by atoms with Crippen molar-refractivity contribution in [1.29, 1.82) is 0 Å². The summed E-state index contributed by atoms with van der Waals surface area (Å²) in [6.45, 7) is 0. The third-order valence-corrected chi connectivity index (χ3v) is 4.42. The zero-order valence-electron chi connectivity index (χ0n) is 9.91. The molecule has 1 atom stereocenters. The normalized spacial score (nSPS) is 25.7. The summed E-state index contributed by atoms with van der Waals surface area (Å²) in [4.78, 5) is 23.7. The van der Waals surface area contributed by atoms with Gasteiger partial charge in [-0.2, -0.15) is 0 Å². The van der Waals surface area contributed by atoms with Crippen LogP contribution in [0.2, 0.25) is 5.02 Å². The Kier molecular flexibility index (Phi) is 2.67. The third kappa shape index (κ3) is 1.74. The fraction of sp³-hybridized carbons (Fsp3) is 0.429. The molecule has 1 saturated heterocycles. The average molecular weight is 264 g/mol. The van der Waals surface area contributed by atoms with Crippen LogP contribution in [0.25, 0.3) is 0 Å². The van der Waals surface area contributed by atoms with Crippen molar-refractivity contribution in [3.63, 3.8) is 0 Å². The van der Waals surface area contributed by atoms with Crippen LogP contribution in [0.4, 0.5) is 0 Å². The van der Waals surface area contributed by atoms with Gasteiger partial charge in [0.25, 0.3) is 0 Å². The Hall–Kier alpha value is -1.35. The summed E-state index contributed by atoms with van der Waals surface area (Å²) in [6, 6.07) is 7.41. The molecular formula is C14H14ClNO2. The number of nitrogens with one attached hydrogen (secondary N) is 1. The maximum Gasteiger partial charge on any atom is 0.234 e. The fourth-order valence-corrected chi connectivity index (χ4v) is 3.44. The third-order valence-electron chi connectivity index (χ3n) is 4.18. The second-order valence-electron chi connectivity index (χ2n) is 5.29. The van der Waals surface area contributed by atoms with Gasteiger partial charge in [0.15, 0.2) is 0 Å². The molecule has 1 heterocycles. The van der Waals surface area contributed by atoms with E-state index in [2.05, 4.69) is 5.32 Å². The van der Waals surface area contributed by atoms with E-state index < -0.39 is 0 Å². The van der Waals surface area contributed by atoms with E-state index in [0.717, 1.165) is 24.8 Å². The predicted octanol–water partition coefficient (Wildman–Crippen LogP) is 2.64. The number of benzene rings is 1. The predicted molar refractivity (Wildman–Crippen MR) is 68.2 cm³/mol. The maximum atomic E-state index is 12.1. The van der Waals surface area contributed by atoms with Crippen LogP contribution in [0, 0.1) is 5.41 Å². The van der Waals surface area contributed by atoms with Gasteiger partial charge in [0, 0.05) is 11.4 Å². The molecule has 2 amide bonds. The molecule has 1 aliphatic heterocycles. The molecule has 1 spiro atoms. The molecule has 0 bridgehead atoms. The van der Waals surface area contributed by atoms with Crippen LogP contribution in [0.15, 0.2) is 24.3 Å². The summed E-state index contributed by atoms with van der Waals surface area (Å²) in [5, 5.41) is 3.08. The number of halogens is 1. The first kappa shape index (κ1) is 11.7. The van der Waals surface area contributed by atoms with E-state index in [4.69, 9.17) is 11.6 Å². The fourth-order valence-electron chi connectivity index (χ4n) is 3.24. The van der Waals surface area contributed by atoms with Crippen molar-refractivity contribution in [3.05, 3.63) is 34.9 Å². The number of carbonyl (C=O) groups excluding carboxylic acids is 2. The molecule has 1 N–H and O–H groups in total. The van der Waals surface area contributed by atoms with Crippen LogP contribution in [-0.4, -0.2) is 11.8 Å². The van der Waals surface area contributed by atoms with E-state index in [0.29, 0.717) is 11.4 Å². The quantitative estimate of drug-likeness (QED) is 0.792. The summed E-state index contributed by atoms with van der Waals surface area (Å²) in [5.74, 6) is -0.547. The number of amides is 2. The van der Waals surface area contributed by atoms with Gasteiger partial charge in [-0.1, -0.05) is 30.2 Å². The summed E-state index contributed by atoms with van der Waals surface area (Å²) in [6.07, 6.45) is 3.44. The Labute approximate surface area is 111 Å². The number of rotatable bonds is 1. The van der Waals surface area contributed by atoms with Crippen molar-refractivity contribution in [3.8, 4) is 0 Å². The molecule has 2 fully saturated rings. The highest BCUT2D eigenvalue weighted by Crippen LogP contribution is 2.55. The van der Waals surface area contributed by atoms with E-state index in [9.17, 15) is 9.59 Å². The molecule has 1 aromatic rings. The van der Waals surface area contributed by atoms with Crippen molar-refractivity contribution in [2.24, 2.45) is 5.41 Å². The highest BCUT2D eigenvalue weighted by Gasteiger charge is 2.52. The lowest BCUT2D eigenvalue weighted by Crippen LogP contribution is -2.53. The van der Waals surface area contributed by atoms with Crippen molar-refractivity contribution >= 4 is 23.4 Å². The minimum Gasteiger partial charge on any atom is -0.296 e. The van der Waals surface area contributed by atoms with Crippen LogP contribution in [0.1, 0.15) is 37.2 Å². The highest BCUT2D eigenvalue weighted by atomic mass is 35.5. The molecule has 0 radical (unpaired) electrons. The summed E-state index contributed by atoms with van der Waals surface area (Å²) in [7, 11) is 0. The van der Waals surface area contributed by atoms with E-state index in [-0.39, 0.29) is 23.1 Å². The van der Waals surface area contributed by atoms with Crippen molar-refractivity contribution in [1.82, 2.24) is 5.32 Å². The first-order chi connectivity index (χ1) is 8.61. The Morgan fingerprint density at radius 2 is 2.06 bits per heavy atom. The Balaban J connectivity index is 2.02. The van der Waals surface area contributed by atoms with E-state index >= 15 is 0 Å². The first-order valence-corrected chi connectivity index (χ1v) is 6.58. The van der Waals surface area contributed by atoms with E-state index in [1.54, 1.807) is 6.07 Å². The summed E-state index contributed by atoms with van der Waals surface area (Å²) in [5.41, 5.74) is 0.761. The SMILES string of the molecule is O=C1CC2(CCC2)C(c2cccc(Cl)c2)C(=O)N1. The summed E-state index contributed by atoms with van der Waals surface area (Å²) >= 11 is 6.00. The van der Waals surface area contributed by atoms with Gasteiger partial charge in [-0.25, -0.2) is 0 Å². The van der Waals surface area contributed by atoms with Crippen molar-refractivity contribution < 1.29 is 9.59 Å². The summed E-state index contributed by atoms with van der Waals surface area (Å²) < 4.78 is 0. The average Bonchev–Trinajstić information content (AvgIpc) is 2.25. The molecule has 94 valence electrons. The van der Waals surface area contributed by atoms with Crippen LogP contribution < -0.4 is 5.32 Å². The highest BCUT2D eigenvalue weighted by molar-refractivity contribution is 6.30. The van der Waals surface area contributed by atoms with Gasteiger partial charge in [0.05, 0.1) is 5.92 Å². The molecule has 3 nitrogen and oxygen atoms in total. The van der Waals surface area contributed by atoms with Gasteiger partial charge < -0.3 is 0 Å². The van der Waals surface area contributed by atoms with Gasteiger partial charge in [-0.05, 0) is 36.0 Å². The van der Waals surface area contributed by atoms with Crippen LogP contribution in [0.3, 0.4) is 0 Å². The standard InChI is InChI=1S/C14H14ClNO2/c15-10-4-1-3-9(7-10)12-13(18)16-11(17)8-14(12)5-2-6-14/h1,3-4,7,12H,2,5-6,8H2,(H,16,17,18). The lowest BCUT2D eigenvalue weighted by molar-refractivity contribution is -0.143. The van der Waals surface area contributed by atoms with E-state index in [1.807, 2.05) is 18.2 Å². The Morgan fingerprint density at radius 3 is 2.67 bits per heavy atom. The van der Waals surface area contributed by atoms with Crippen LogP contribution >= 0.6 is 11.6 Å². The van der Waals surface area contributed by atoms with Gasteiger partial charge in [-0.15, -0.1) is 0 Å². The van der Waals surface area contributed by atoms with Crippen molar-refractivity contribution in [2.45, 2.75) is 31.6 Å². The van der Waals surface area contributed by atoms with Gasteiger partial charge >= 0.3 is 0 Å². The molecular weight excluding hydrogens is 250 g/mol. The Morgan fingerprint density at radius 1 is 1.28 bits per heavy atom. The first-order valence-electron chi connectivity index (χ1n) is 6.20. The molecule has 3 rings (SSSR count). The molecule has 1 aliphatic carbocycles. The maximum absolute atomic E-state index is 12.1. The van der Waals surface area contributed by atoms with E-state index in [1.165, 1.54) is 0 Å². The monoisotopic (exact) mass is 263 g/mol. The second kappa shape index (κ2) is 4.09. The number of hydrogen-bond acceptors (Lipinski definition) is 2. The molecule has 1 aromatic carbocycles. The molecule has 0 aromatic heterocycles. The van der Waals surface area contributed by atoms with Crippen LogP contribution in [-0.2, 0) is 9.59 Å². The lowest BCUT2D eigenvalue weighted by Gasteiger charge is -2.49. The molecule has 1 unspecified atom stereocenters. The topological polar surface area (TPSA) is 46.2 Å². The number of carbonyl (C=O) groups is 2. The van der Waals surface area contributed by atoms with Crippen molar-refractivity contribution in [2.75, 3.05) is 0 Å². The molecule has 1 saturated carbocycles. The second-order valence-corrected chi connectivity index (χ2v) is 5.73. The molecule has 4 heteroatoms. The number of imide groups is 1. The smallest absolute Gasteiger partial charge is 0.234 e. The van der Waals surface area contributed by atoms with Gasteiger partial charge in [-0.3, -0.25) is 14.9 Å².